The van der Waals surface area contributed by atoms with E-state index in [1.54, 1.807) is 28.1 Å². The first-order valence-corrected chi connectivity index (χ1v) is 9.99. The first kappa shape index (κ1) is 16.7. The van der Waals surface area contributed by atoms with Gasteiger partial charge in [0.15, 0.2) is 5.16 Å². The molecule has 1 aromatic carbocycles. The predicted octanol–water partition coefficient (Wildman–Crippen LogP) is 4.47. The molecule has 0 amide bonds. The van der Waals surface area contributed by atoms with Crippen LogP contribution >= 0.6 is 23.5 Å². The highest BCUT2D eigenvalue weighted by Crippen LogP contribution is 2.35. The molecule has 0 radical (unpaired) electrons. The molecule has 0 N–H and O–H groups in total. The fourth-order valence-electron chi connectivity index (χ4n) is 2.63. The molecule has 1 atom stereocenters. The molecule has 2 heterocycles. The van der Waals surface area contributed by atoms with Crippen molar-refractivity contribution in [2.45, 2.75) is 55.3 Å². The number of aromatic nitrogens is 2. The van der Waals surface area contributed by atoms with Gasteiger partial charge in [-0.25, -0.2) is 4.98 Å². The van der Waals surface area contributed by atoms with Crippen molar-refractivity contribution in [1.29, 1.82) is 0 Å². The molecule has 1 aromatic heterocycles. The summed E-state index contributed by atoms with van der Waals surface area (Å²) in [5.74, 6) is 0.996. The van der Waals surface area contributed by atoms with E-state index in [4.69, 9.17) is 4.98 Å². The number of hydrogen-bond acceptors (Lipinski definition) is 4. The fraction of sp³-hybridized carbons (Fsp3) is 0.444. The van der Waals surface area contributed by atoms with Crippen molar-refractivity contribution in [1.82, 2.24) is 9.55 Å². The van der Waals surface area contributed by atoms with E-state index in [0.717, 1.165) is 46.4 Å². The van der Waals surface area contributed by atoms with Gasteiger partial charge in [-0.15, -0.1) is 11.8 Å². The highest BCUT2D eigenvalue weighted by atomic mass is 32.2. The smallest absolute Gasteiger partial charge is 0.268 e. The minimum Gasteiger partial charge on any atom is -0.268 e. The van der Waals surface area contributed by atoms with Gasteiger partial charge < -0.3 is 0 Å². The molecule has 5 heteroatoms. The lowest BCUT2D eigenvalue weighted by Crippen LogP contribution is -2.23. The molecule has 3 nitrogen and oxygen atoms in total. The van der Waals surface area contributed by atoms with Gasteiger partial charge >= 0.3 is 0 Å². The van der Waals surface area contributed by atoms with Gasteiger partial charge in [0.05, 0.1) is 16.3 Å². The normalized spacial score (nSPS) is 16.6. The van der Waals surface area contributed by atoms with Crippen molar-refractivity contribution in [3.8, 4) is 5.69 Å². The molecule has 2 aromatic rings. The Bertz CT molecular complexity index is 753. The molecule has 0 unspecified atom stereocenters. The maximum atomic E-state index is 13.0. The number of nitrogens with zero attached hydrogens (tertiary/aromatic N) is 2. The SMILES string of the molecule is CCCCSc1nc2c(c(=O)n1-c1ccc(C)cc1)S[C@H](C)C2. The lowest BCUT2D eigenvalue weighted by molar-refractivity contribution is 0.729. The van der Waals surface area contributed by atoms with Crippen LogP contribution in [0.2, 0.25) is 0 Å². The average Bonchev–Trinajstić information content (AvgIpc) is 2.90. The minimum atomic E-state index is 0.0900. The van der Waals surface area contributed by atoms with Crippen LogP contribution in [0.25, 0.3) is 5.69 Å². The van der Waals surface area contributed by atoms with Gasteiger partial charge in [-0.3, -0.25) is 9.36 Å². The summed E-state index contributed by atoms with van der Waals surface area (Å²) < 4.78 is 1.80. The van der Waals surface area contributed by atoms with Crippen molar-refractivity contribution in [3.05, 3.63) is 45.9 Å². The van der Waals surface area contributed by atoms with E-state index in [2.05, 4.69) is 20.8 Å². The Balaban J connectivity index is 2.09. The molecule has 0 saturated carbocycles. The average molecular weight is 347 g/mol. The van der Waals surface area contributed by atoms with Crippen LogP contribution in [0.3, 0.4) is 0 Å². The maximum absolute atomic E-state index is 13.0. The second-order valence-electron chi connectivity index (χ2n) is 5.98. The number of fused-ring (bicyclic) bond motifs is 1. The van der Waals surface area contributed by atoms with Gasteiger partial charge in [0.2, 0.25) is 0 Å². The first-order chi connectivity index (χ1) is 11.1. The molecular weight excluding hydrogens is 324 g/mol. The molecule has 0 aliphatic carbocycles. The van der Waals surface area contributed by atoms with Crippen LogP contribution in [0.1, 0.15) is 37.9 Å². The largest absolute Gasteiger partial charge is 0.272 e. The van der Waals surface area contributed by atoms with E-state index in [9.17, 15) is 4.79 Å². The second-order valence-corrected chi connectivity index (χ2v) is 8.49. The Hall–Kier alpha value is -1.20. The van der Waals surface area contributed by atoms with Gasteiger partial charge in [-0.05, 0) is 25.5 Å². The van der Waals surface area contributed by atoms with Crippen molar-refractivity contribution < 1.29 is 0 Å². The van der Waals surface area contributed by atoms with E-state index in [1.165, 1.54) is 5.56 Å². The number of hydrogen-bond donors (Lipinski definition) is 0. The van der Waals surface area contributed by atoms with Gasteiger partial charge in [-0.1, -0.05) is 49.7 Å². The van der Waals surface area contributed by atoms with Gasteiger partial charge in [0.1, 0.15) is 0 Å². The summed E-state index contributed by atoms with van der Waals surface area (Å²) in [4.78, 5) is 18.7. The molecule has 1 aliphatic rings. The predicted molar refractivity (Wildman–Crippen MR) is 99.2 cm³/mol. The molecule has 23 heavy (non-hydrogen) atoms. The lowest BCUT2D eigenvalue weighted by atomic mass is 10.2. The van der Waals surface area contributed by atoms with Crippen LogP contribution in [-0.2, 0) is 6.42 Å². The molecule has 0 fully saturated rings. The van der Waals surface area contributed by atoms with Crippen LogP contribution < -0.4 is 5.56 Å². The zero-order chi connectivity index (χ0) is 16.4. The van der Waals surface area contributed by atoms with Crippen molar-refractivity contribution in [2.24, 2.45) is 0 Å². The second kappa shape index (κ2) is 7.14. The Kier molecular flexibility index (Phi) is 5.17. The van der Waals surface area contributed by atoms with Gasteiger partial charge in [0.25, 0.3) is 5.56 Å². The summed E-state index contributed by atoms with van der Waals surface area (Å²) in [7, 11) is 0. The molecule has 0 spiro atoms. The highest BCUT2D eigenvalue weighted by Gasteiger charge is 2.26. The van der Waals surface area contributed by atoms with Crippen LogP contribution in [0, 0.1) is 6.92 Å². The lowest BCUT2D eigenvalue weighted by Gasteiger charge is -2.13. The van der Waals surface area contributed by atoms with Crippen LogP contribution in [0.4, 0.5) is 0 Å². The highest BCUT2D eigenvalue weighted by molar-refractivity contribution is 8.00. The number of benzene rings is 1. The van der Waals surface area contributed by atoms with Gasteiger partial charge in [0, 0.05) is 17.4 Å². The maximum Gasteiger partial charge on any atom is 0.272 e. The summed E-state index contributed by atoms with van der Waals surface area (Å²) in [5, 5.41) is 1.27. The molecule has 122 valence electrons. The third-order valence-electron chi connectivity index (χ3n) is 3.90. The zero-order valence-electron chi connectivity index (χ0n) is 13.8. The Morgan fingerprint density at radius 3 is 2.78 bits per heavy atom. The number of unbranched alkanes of at least 4 members (excludes halogenated alkanes) is 1. The molecular formula is C18H22N2OS2. The Labute approximate surface area is 145 Å². The van der Waals surface area contributed by atoms with E-state index in [-0.39, 0.29) is 5.56 Å². The molecule has 3 rings (SSSR count). The molecule has 0 saturated heterocycles. The van der Waals surface area contributed by atoms with Crippen LogP contribution in [0.5, 0.6) is 0 Å². The van der Waals surface area contributed by atoms with E-state index in [0.29, 0.717) is 5.25 Å². The standard InChI is InChI=1S/C18H22N2OS2/c1-4-5-10-22-18-19-15-11-13(3)23-16(15)17(21)20(18)14-8-6-12(2)7-9-14/h6-9,13H,4-5,10-11H2,1-3H3/t13-/m1/s1. The number of thioether (sulfide) groups is 2. The monoisotopic (exact) mass is 346 g/mol. The molecule has 1 aliphatic heterocycles. The zero-order valence-corrected chi connectivity index (χ0v) is 15.5. The Morgan fingerprint density at radius 1 is 1.35 bits per heavy atom. The topological polar surface area (TPSA) is 34.9 Å². The quantitative estimate of drug-likeness (QED) is 0.454. The third kappa shape index (κ3) is 3.50. The van der Waals surface area contributed by atoms with Crippen molar-refractivity contribution in [2.75, 3.05) is 5.75 Å². The summed E-state index contributed by atoms with van der Waals surface area (Å²) in [6.45, 7) is 6.40. The number of rotatable bonds is 5. The summed E-state index contributed by atoms with van der Waals surface area (Å²) >= 11 is 3.36. The first-order valence-electron chi connectivity index (χ1n) is 8.12. The Morgan fingerprint density at radius 2 is 2.09 bits per heavy atom. The van der Waals surface area contributed by atoms with E-state index < -0.39 is 0 Å². The van der Waals surface area contributed by atoms with Crippen LogP contribution in [0.15, 0.2) is 39.1 Å². The fourth-order valence-corrected chi connectivity index (χ4v) is 4.83. The van der Waals surface area contributed by atoms with Crippen LogP contribution in [-0.4, -0.2) is 20.6 Å². The molecule has 0 bridgehead atoms. The van der Waals surface area contributed by atoms with Gasteiger partial charge in [-0.2, -0.15) is 0 Å². The van der Waals surface area contributed by atoms with Crippen molar-refractivity contribution >= 4 is 23.5 Å². The summed E-state index contributed by atoms with van der Waals surface area (Å²) in [6, 6.07) is 8.12. The van der Waals surface area contributed by atoms with E-state index >= 15 is 0 Å². The third-order valence-corrected chi connectivity index (χ3v) is 6.14. The van der Waals surface area contributed by atoms with E-state index in [1.807, 2.05) is 24.3 Å². The number of aryl methyl sites for hydroxylation is 1. The minimum absolute atomic E-state index is 0.0900. The summed E-state index contributed by atoms with van der Waals surface area (Å²) in [6.07, 6.45) is 3.18. The summed E-state index contributed by atoms with van der Waals surface area (Å²) in [5.41, 5.74) is 3.18. The van der Waals surface area contributed by atoms with Crippen molar-refractivity contribution in [3.63, 3.8) is 0 Å².